The summed E-state index contributed by atoms with van der Waals surface area (Å²) in [5.74, 6) is 0. The van der Waals surface area contributed by atoms with Crippen LogP contribution in [-0.4, -0.2) is 14.1 Å². The van der Waals surface area contributed by atoms with Gasteiger partial charge in [-0.3, -0.25) is 4.98 Å². The highest BCUT2D eigenvalue weighted by molar-refractivity contribution is 6.22. The first-order chi connectivity index (χ1) is 18.9. The topological polar surface area (TPSA) is 22.8 Å². The van der Waals surface area contributed by atoms with Gasteiger partial charge in [0.05, 0.1) is 27.6 Å². The van der Waals surface area contributed by atoms with Crippen LogP contribution >= 0.6 is 0 Å². The minimum Gasteiger partial charge on any atom is -0.307 e. The highest BCUT2D eigenvalue weighted by atomic mass is 15.1. The van der Waals surface area contributed by atoms with Gasteiger partial charge in [0.25, 0.3) is 0 Å². The zero-order chi connectivity index (χ0) is 25.1. The van der Waals surface area contributed by atoms with Gasteiger partial charge in [0.15, 0.2) is 0 Å². The molecule has 0 spiro atoms. The van der Waals surface area contributed by atoms with Crippen molar-refractivity contribution in [3.8, 4) is 22.5 Å². The number of nitrogens with zero attached hydrogens (tertiary/aromatic N) is 3. The molecule has 0 saturated heterocycles. The van der Waals surface area contributed by atoms with E-state index >= 15 is 0 Å². The maximum atomic E-state index is 5.07. The highest BCUT2D eigenvalue weighted by Gasteiger charge is 2.21. The first kappa shape index (κ1) is 21.0. The van der Waals surface area contributed by atoms with E-state index in [4.69, 9.17) is 4.98 Å². The van der Waals surface area contributed by atoms with Crippen molar-refractivity contribution in [3.63, 3.8) is 0 Å². The van der Waals surface area contributed by atoms with Gasteiger partial charge in [-0.15, -0.1) is 0 Å². The van der Waals surface area contributed by atoms with Crippen LogP contribution in [0.4, 0.5) is 0 Å². The number of benzene rings is 5. The van der Waals surface area contributed by atoms with Crippen LogP contribution in [0.3, 0.4) is 0 Å². The summed E-state index contributed by atoms with van der Waals surface area (Å²) in [5, 5.41) is 3.51. The number of fused-ring (bicyclic) bond motifs is 7. The third-order valence-corrected chi connectivity index (χ3v) is 7.56. The van der Waals surface area contributed by atoms with Gasteiger partial charge in [-0.05, 0) is 47.5 Å². The first-order valence-corrected chi connectivity index (χ1v) is 12.9. The number of hydrogen-bond donors (Lipinski definition) is 0. The number of rotatable bonds is 3. The fourth-order valence-corrected chi connectivity index (χ4v) is 5.88. The maximum Gasteiger partial charge on any atom is 0.0985 e. The van der Waals surface area contributed by atoms with Crippen LogP contribution in [0.1, 0.15) is 0 Å². The van der Waals surface area contributed by atoms with Crippen LogP contribution in [0.2, 0.25) is 0 Å². The van der Waals surface area contributed by atoms with E-state index in [1.54, 1.807) is 0 Å². The molecule has 0 aliphatic carbocycles. The molecule has 0 N–H and O–H groups in total. The molecule has 38 heavy (non-hydrogen) atoms. The molecule has 5 aromatic carbocycles. The van der Waals surface area contributed by atoms with Crippen LogP contribution in [-0.2, 0) is 0 Å². The zero-order valence-electron chi connectivity index (χ0n) is 20.6. The maximum absolute atomic E-state index is 5.07. The summed E-state index contributed by atoms with van der Waals surface area (Å²) in [6.07, 6.45) is 2.05. The number of hydrogen-bond acceptors (Lipinski definition) is 1. The van der Waals surface area contributed by atoms with Crippen LogP contribution in [0, 0.1) is 0 Å². The second-order valence-electron chi connectivity index (χ2n) is 9.67. The number of aromatic nitrogens is 3. The summed E-state index contributed by atoms with van der Waals surface area (Å²) in [5.41, 5.74) is 10.3. The molecule has 178 valence electrons. The molecular formula is C35H23N3. The van der Waals surface area contributed by atoms with Gasteiger partial charge in [0, 0.05) is 33.7 Å². The molecule has 3 heterocycles. The lowest BCUT2D eigenvalue weighted by atomic mass is 10.1. The van der Waals surface area contributed by atoms with Gasteiger partial charge in [-0.1, -0.05) is 97.1 Å². The van der Waals surface area contributed by atoms with Gasteiger partial charge in [0.2, 0.25) is 0 Å². The molecule has 0 aliphatic rings. The van der Waals surface area contributed by atoms with Crippen LogP contribution in [0.15, 0.2) is 140 Å². The zero-order valence-corrected chi connectivity index (χ0v) is 20.6. The third kappa shape index (κ3) is 2.99. The Kier molecular flexibility index (Phi) is 4.52. The van der Waals surface area contributed by atoms with Crippen molar-refractivity contribution in [1.29, 1.82) is 0 Å². The molecule has 0 radical (unpaired) electrons. The Morgan fingerprint density at radius 1 is 0.395 bits per heavy atom. The molecule has 0 amide bonds. The molecule has 0 bridgehead atoms. The summed E-state index contributed by atoms with van der Waals surface area (Å²) in [6, 6.07) is 47.3. The van der Waals surface area contributed by atoms with Gasteiger partial charge < -0.3 is 9.13 Å². The molecule has 3 heteroatoms. The second-order valence-corrected chi connectivity index (χ2v) is 9.67. The molecule has 0 aliphatic heterocycles. The van der Waals surface area contributed by atoms with E-state index in [2.05, 4.69) is 149 Å². The quantitative estimate of drug-likeness (QED) is 0.245. The van der Waals surface area contributed by atoms with Gasteiger partial charge in [0.1, 0.15) is 0 Å². The summed E-state index contributed by atoms with van der Waals surface area (Å²) in [6.45, 7) is 0. The van der Waals surface area contributed by atoms with E-state index in [1.807, 2.05) is 0 Å². The SMILES string of the molecule is c1ccc(-c2ccc(-n3c4ccccc4c4ncc5c6ccccc6n(-c6ccccc6)c5c43)cc2)cc1. The van der Waals surface area contributed by atoms with Gasteiger partial charge in [-0.2, -0.15) is 0 Å². The first-order valence-electron chi connectivity index (χ1n) is 12.9. The molecule has 3 aromatic heterocycles. The van der Waals surface area contributed by atoms with Crippen LogP contribution in [0.25, 0.3) is 66.2 Å². The fourth-order valence-electron chi connectivity index (χ4n) is 5.88. The fraction of sp³-hybridized carbons (Fsp3) is 0. The Morgan fingerprint density at radius 2 is 0.921 bits per heavy atom. The summed E-state index contributed by atoms with van der Waals surface area (Å²) in [4.78, 5) is 5.07. The predicted molar refractivity (Wildman–Crippen MR) is 158 cm³/mol. The monoisotopic (exact) mass is 485 g/mol. The molecule has 8 aromatic rings. The average molecular weight is 486 g/mol. The Balaban J connectivity index is 1.52. The molecule has 0 fully saturated rings. The van der Waals surface area contributed by atoms with E-state index in [-0.39, 0.29) is 0 Å². The molecule has 0 saturated carbocycles. The third-order valence-electron chi connectivity index (χ3n) is 7.56. The molecular weight excluding hydrogens is 462 g/mol. The minimum absolute atomic E-state index is 1.01. The summed E-state index contributed by atoms with van der Waals surface area (Å²) < 4.78 is 4.77. The molecule has 0 atom stereocenters. The highest BCUT2D eigenvalue weighted by Crippen LogP contribution is 2.40. The Hall–Kier alpha value is -5.15. The van der Waals surface area contributed by atoms with E-state index in [0.29, 0.717) is 0 Å². The second kappa shape index (κ2) is 8.19. The van der Waals surface area contributed by atoms with E-state index < -0.39 is 0 Å². The van der Waals surface area contributed by atoms with Crippen molar-refractivity contribution in [2.45, 2.75) is 0 Å². The molecule has 8 rings (SSSR count). The van der Waals surface area contributed by atoms with Crippen molar-refractivity contribution in [1.82, 2.24) is 14.1 Å². The lowest BCUT2D eigenvalue weighted by molar-refractivity contribution is 1.15. The molecule has 3 nitrogen and oxygen atoms in total. The standard InChI is InChI=1S/C35H23N3/c1-3-11-24(12-4-1)25-19-21-27(22-20-25)38-32-18-10-8-16-29(32)33-35(38)34-30(23-36-33)28-15-7-9-17-31(28)37(34)26-13-5-2-6-14-26/h1-23H. The van der Waals surface area contributed by atoms with Gasteiger partial charge >= 0.3 is 0 Å². The number of para-hydroxylation sites is 3. The lowest BCUT2D eigenvalue weighted by Gasteiger charge is -2.12. The van der Waals surface area contributed by atoms with Crippen molar-refractivity contribution in [2.75, 3.05) is 0 Å². The number of pyridine rings is 1. The summed E-state index contributed by atoms with van der Waals surface area (Å²) in [7, 11) is 0. The van der Waals surface area contributed by atoms with Crippen molar-refractivity contribution in [2.24, 2.45) is 0 Å². The average Bonchev–Trinajstić information content (AvgIpc) is 3.51. The van der Waals surface area contributed by atoms with Crippen molar-refractivity contribution in [3.05, 3.63) is 140 Å². The largest absolute Gasteiger partial charge is 0.307 e. The summed E-state index contributed by atoms with van der Waals surface area (Å²) >= 11 is 0. The van der Waals surface area contributed by atoms with E-state index in [9.17, 15) is 0 Å². The Morgan fingerprint density at radius 3 is 1.66 bits per heavy atom. The van der Waals surface area contributed by atoms with Crippen molar-refractivity contribution >= 4 is 43.7 Å². The minimum atomic E-state index is 1.01. The van der Waals surface area contributed by atoms with Crippen LogP contribution < -0.4 is 0 Å². The Bertz CT molecular complexity index is 2100. The lowest BCUT2D eigenvalue weighted by Crippen LogP contribution is -1.99. The smallest absolute Gasteiger partial charge is 0.0985 e. The predicted octanol–water partition coefficient (Wildman–Crippen LogP) is 8.94. The molecule has 0 unspecified atom stereocenters. The normalized spacial score (nSPS) is 11.7. The van der Waals surface area contributed by atoms with Gasteiger partial charge in [-0.25, -0.2) is 0 Å². The van der Waals surface area contributed by atoms with Crippen molar-refractivity contribution < 1.29 is 0 Å². The van der Waals surface area contributed by atoms with Crippen LogP contribution in [0.5, 0.6) is 0 Å². The Labute approximate surface area is 219 Å². The van der Waals surface area contributed by atoms with E-state index in [0.717, 1.165) is 38.7 Å². The van der Waals surface area contributed by atoms with E-state index in [1.165, 1.54) is 27.5 Å².